The van der Waals surface area contributed by atoms with Crippen LogP contribution < -0.4 is 10.6 Å². The lowest BCUT2D eigenvalue weighted by atomic mass is 9.71. The molecule has 2 amide bonds. The Balaban J connectivity index is 3.06. The Kier molecular flexibility index (Phi) is 11.1. The summed E-state index contributed by atoms with van der Waals surface area (Å²) in [7, 11) is 0. The van der Waals surface area contributed by atoms with E-state index in [0.29, 0.717) is 25.7 Å². The molecule has 12 heteroatoms. The van der Waals surface area contributed by atoms with Gasteiger partial charge in [0.25, 0.3) is 0 Å². The Morgan fingerprint density at radius 1 is 0.692 bits per heavy atom. The zero-order chi connectivity index (χ0) is 29.8. The fourth-order valence-corrected chi connectivity index (χ4v) is 5.70. The molecule has 0 saturated heterocycles. The smallest absolute Gasteiger partial charge is 0.325 e. The van der Waals surface area contributed by atoms with Crippen molar-refractivity contribution < 1.29 is 35.9 Å². The third kappa shape index (κ3) is 7.17. The van der Waals surface area contributed by atoms with E-state index in [4.69, 9.17) is 0 Å². The summed E-state index contributed by atoms with van der Waals surface area (Å²) in [6, 6.07) is 3.30. The number of alkyl halides is 6. The van der Waals surface area contributed by atoms with E-state index in [1.54, 1.807) is 0 Å². The highest BCUT2D eigenvalue weighted by atomic mass is 79.9. The van der Waals surface area contributed by atoms with Crippen LogP contribution in [0.15, 0.2) is 33.2 Å². The molecular formula is C27H30Br2F6N2O2. The molecule has 0 spiro atoms. The van der Waals surface area contributed by atoms with Crippen LogP contribution in [-0.4, -0.2) is 24.2 Å². The molecule has 0 fully saturated rings. The number of halogens is 8. The van der Waals surface area contributed by atoms with Crippen LogP contribution in [-0.2, 0) is 27.8 Å². The van der Waals surface area contributed by atoms with Crippen LogP contribution in [0.25, 0.3) is 0 Å². The summed E-state index contributed by atoms with van der Waals surface area (Å²) in [4.78, 5) is 23.5. The minimum absolute atomic E-state index is 0.0979. The fourth-order valence-electron chi connectivity index (χ4n) is 4.50. The molecule has 2 aromatic rings. The average molecular weight is 688 g/mol. The van der Waals surface area contributed by atoms with Gasteiger partial charge in [-0.2, -0.15) is 26.3 Å². The first-order valence-corrected chi connectivity index (χ1v) is 13.9. The topological polar surface area (TPSA) is 58.2 Å². The van der Waals surface area contributed by atoms with Crippen molar-refractivity contribution in [3.63, 3.8) is 0 Å². The fraction of sp³-hybridized carbons (Fsp3) is 0.481. The largest absolute Gasteiger partial charge is 0.411 e. The van der Waals surface area contributed by atoms with Crippen molar-refractivity contribution in [2.75, 3.05) is 10.6 Å². The second-order valence-electron chi connectivity index (χ2n) is 9.30. The molecule has 2 aromatic carbocycles. The number of aryl methyl sites for hydroxylation is 2. The highest BCUT2D eigenvalue weighted by molar-refractivity contribution is 9.11. The molecule has 0 atom stereocenters. The number of unbranched alkanes of at least 4 members (excludes halogenated alkanes) is 2. The number of carbonyl (C=O) groups is 2. The van der Waals surface area contributed by atoms with Crippen LogP contribution in [0, 0.1) is 0 Å². The summed E-state index contributed by atoms with van der Waals surface area (Å²) >= 11 is 6.23. The molecule has 2 rings (SSSR count). The minimum Gasteiger partial charge on any atom is -0.325 e. The quantitative estimate of drug-likeness (QED) is 0.245. The van der Waals surface area contributed by atoms with Gasteiger partial charge in [0.05, 0.1) is 11.4 Å². The standard InChI is InChI=1S/C27H30Br2F6N2O2/c1-5-7-9-17-11-19(13-21(28)23(17)36-15(3)38)25(26(30,31)32,27(33,34)35)20-12-18(10-8-6-2)24(22(29)14-20)37-16(4)39/h11-14H,5-10H2,1-4H3,(H,36,38)(H,37,39). The van der Waals surface area contributed by atoms with E-state index >= 15 is 26.3 Å². The van der Waals surface area contributed by atoms with E-state index in [1.165, 1.54) is 13.8 Å². The molecular weight excluding hydrogens is 658 g/mol. The number of rotatable bonds is 10. The van der Waals surface area contributed by atoms with Crippen molar-refractivity contribution in [1.82, 2.24) is 0 Å². The molecule has 216 valence electrons. The number of benzene rings is 2. The Labute approximate surface area is 240 Å². The predicted molar refractivity (Wildman–Crippen MR) is 147 cm³/mol. The lowest BCUT2D eigenvalue weighted by Crippen LogP contribution is -2.55. The molecule has 39 heavy (non-hydrogen) atoms. The van der Waals surface area contributed by atoms with E-state index in [9.17, 15) is 9.59 Å². The van der Waals surface area contributed by atoms with Gasteiger partial charge in [-0.15, -0.1) is 0 Å². The number of anilines is 2. The summed E-state index contributed by atoms with van der Waals surface area (Å²) < 4.78 is 89.8. The number of nitrogens with one attached hydrogen (secondary N) is 2. The van der Waals surface area contributed by atoms with Gasteiger partial charge in [0.2, 0.25) is 17.2 Å². The van der Waals surface area contributed by atoms with Gasteiger partial charge in [-0.25, -0.2) is 0 Å². The molecule has 0 bridgehead atoms. The Morgan fingerprint density at radius 2 is 1.03 bits per heavy atom. The van der Waals surface area contributed by atoms with Crippen LogP contribution in [0.1, 0.15) is 75.6 Å². The maximum atomic E-state index is 15.0. The summed E-state index contributed by atoms with van der Waals surface area (Å²) in [5.41, 5.74) is -5.92. The van der Waals surface area contributed by atoms with E-state index in [2.05, 4.69) is 42.5 Å². The van der Waals surface area contributed by atoms with E-state index < -0.39 is 40.7 Å². The molecule has 0 aliphatic carbocycles. The number of hydrogen-bond donors (Lipinski definition) is 2. The monoisotopic (exact) mass is 686 g/mol. The van der Waals surface area contributed by atoms with Crippen molar-refractivity contribution in [3.8, 4) is 0 Å². The average Bonchev–Trinajstić information content (AvgIpc) is 2.78. The van der Waals surface area contributed by atoms with Crippen LogP contribution in [0.3, 0.4) is 0 Å². The second kappa shape index (κ2) is 13.1. The Morgan fingerprint density at radius 3 is 1.28 bits per heavy atom. The second-order valence-corrected chi connectivity index (χ2v) is 11.0. The lowest BCUT2D eigenvalue weighted by Gasteiger charge is -2.39. The SMILES string of the molecule is CCCCc1cc(C(c2cc(Br)c(NC(C)=O)c(CCCC)c2)(C(F)(F)F)C(F)(F)F)cc(Br)c1NC(C)=O. The first kappa shape index (κ1) is 33.1. The van der Waals surface area contributed by atoms with Crippen LogP contribution in [0.4, 0.5) is 37.7 Å². The molecule has 0 aliphatic heterocycles. The number of hydrogen-bond acceptors (Lipinski definition) is 2. The Hall–Kier alpha value is -2.08. The molecule has 0 aliphatic rings. The minimum atomic E-state index is -5.81. The molecule has 0 saturated carbocycles. The van der Waals surface area contributed by atoms with Crippen molar-refractivity contribution in [3.05, 3.63) is 55.5 Å². The van der Waals surface area contributed by atoms with Gasteiger partial charge >= 0.3 is 12.4 Å². The van der Waals surface area contributed by atoms with Gasteiger partial charge in [0.15, 0.2) is 0 Å². The zero-order valence-corrected chi connectivity index (χ0v) is 25.1. The molecule has 4 nitrogen and oxygen atoms in total. The highest BCUT2D eigenvalue weighted by Gasteiger charge is 2.72. The van der Waals surface area contributed by atoms with Crippen LogP contribution >= 0.6 is 31.9 Å². The predicted octanol–water partition coefficient (Wildman–Crippen LogP) is 9.22. The van der Waals surface area contributed by atoms with Gasteiger partial charge in [0.1, 0.15) is 0 Å². The van der Waals surface area contributed by atoms with Gasteiger partial charge in [-0.1, -0.05) is 38.8 Å². The summed E-state index contributed by atoms with van der Waals surface area (Å²) in [5.74, 6) is -1.03. The summed E-state index contributed by atoms with van der Waals surface area (Å²) in [6.07, 6.45) is -9.10. The van der Waals surface area contributed by atoms with Gasteiger partial charge in [-0.3, -0.25) is 9.59 Å². The van der Waals surface area contributed by atoms with Crippen LogP contribution in [0.5, 0.6) is 0 Å². The lowest BCUT2D eigenvalue weighted by molar-refractivity contribution is -0.288. The Bertz CT molecular complexity index is 1120. The van der Waals surface area contributed by atoms with Crippen LogP contribution in [0.2, 0.25) is 0 Å². The van der Waals surface area contributed by atoms with Gasteiger partial charge < -0.3 is 10.6 Å². The third-order valence-electron chi connectivity index (χ3n) is 6.26. The first-order chi connectivity index (χ1) is 18.0. The van der Waals surface area contributed by atoms with Crippen molar-refractivity contribution in [2.24, 2.45) is 0 Å². The van der Waals surface area contributed by atoms with Gasteiger partial charge in [-0.05, 0) is 91.9 Å². The maximum Gasteiger partial charge on any atom is 0.411 e. The molecule has 2 N–H and O–H groups in total. The molecule has 0 unspecified atom stereocenters. The highest BCUT2D eigenvalue weighted by Crippen LogP contribution is 2.58. The maximum absolute atomic E-state index is 15.0. The van der Waals surface area contributed by atoms with Gasteiger partial charge in [0, 0.05) is 22.8 Å². The first-order valence-electron chi connectivity index (χ1n) is 12.4. The van der Waals surface area contributed by atoms with E-state index in [0.717, 1.165) is 24.3 Å². The summed E-state index contributed by atoms with van der Waals surface area (Å²) in [6.45, 7) is 6.06. The normalized spacial score (nSPS) is 12.4. The molecule has 0 aromatic heterocycles. The molecule has 0 radical (unpaired) electrons. The zero-order valence-electron chi connectivity index (χ0n) is 21.9. The third-order valence-corrected chi connectivity index (χ3v) is 7.51. The van der Waals surface area contributed by atoms with Crippen molar-refractivity contribution in [1.29, 1.82) is 0 Å². The van der Waals surface area contributed by atoms with E-state index in [1.807, 2.05) is 13.8 Å². The number of carbonyl (C=O) groups excluding carboxylic acids is 2. The van der Waals surface area contributed by atoms with Crippen molar-refractivity contribution >= 4 is 55.0 Å². The number of amides is 2. The van der Waals surface area contributed by atoms with Crippen molar-refractivity contribution in [2.45, 2.75) is 84.0 Å². The van der Waals surface area contributed by atoms with E-state index in [-0.39, 0.29) is 44.3 Å². The molecule has 0 heterocycles. The summed E-state index contributed by atoms with van der Waals surface area (Å²) in [5, 5.41) is 5.04.